The van der Waals surface area contributed by atoms with Crippen molar-refractivity contribution in [1.29, 1.82) is 0 Å². The average molecular weight is 287 g/mol. The zero-order valence-electron chi connectivity index (χ0n) is 11.8. The fourth-order valence-corrected chi connectivity index (χ4v) is 2.80. The molecule has 110 valence electrons. The summed E-state index contributed by atoms with van der Waals surface area (Å²) in [6.45, 7) is 1.15. The Labute approximate surface area is 122 Å². The highest BCUT2D eigenvalue weighted by atomic mass is 16.5. The standard InChI is InChI=1S/C15H17N3O3/c1-21-15(20)10-5-7-18(8-6-10)14(19)12-4-2-3-11-9-16-17-13(11)12/h2-4,9-10H,5-8H2,1H3,(H,16,17). The van der Waals surface area contributed by atoms with Gasteiger partial charge in [0.05, 0.1) is 30.3 Å². The normalized spacial score (nSPS) is 16.1. The Bertz CT molecular complexity index is 672. The van der Waals surface area contributed by atoms with Gasteiger partial charge in [-0.1, -0.05) is 12.1 Å². The number of hydrogen-bond donors (Lipinski definition) is 1. The minimum absolute atomic E-state index is 0.0202. The van der Waals surface area contributed by atoms with Crippen molar-refractivity contribution in [1.82, 2.24) is 15.1 Å². The molecule has 0 radical (unpaired) electrons. The molecule has 0 saturated carbocycles. The molecule has 6 heteroatoms. The van der Waals surface area contributed by atoms with E-state index in [4.69, 9.17) is 4.74 Å². The summed E-state index contributed by atoms with van der Waals surface area (Å²) >= 11 is 0. The topological polar surface area (TPSA) is 75.3 Å². The van der Waals surface area contributed by atoms with Crippen LogP contribution in [0.5, 0.6) is 0 Å². The molecule has 2 aromatic rings. The molecular weight excluding hydrogens is 270 g/mol. The predicted molar refractivity (Wildman–Crippen MR) is 76.7 cm³/mol. The monoisotopic (exact) mass is 287 g/mol. The summed E-state index contributed by atoms with van der Waals surface area (Å²) in [6.07, 6.45) is 3.00. The molecule has 1 aromatic heterocycles. The number of para-hydroxylation sites is 1. The van der Waals surface area contributed by atoms with Gasteiger partial charge in [-0.3, -0.25) is 14.7 Å². The highest BCUT2D eigenvalue weighted by Gasteiger charge is 2.29. The van der Waals surface area contributed by atoms with E-state index in [9.17, 15) is 9.59 Å². The van der Waals surface area contributed by atoms with Crippen LogP contribution in [0.4, 0.5) is 0 Å². The summed E-state index contributed by atoms with van der Waals surface area (Å²) in [5, 5.41) is 7.77. The van der Waals surface area contributed by atoms with Gasteiger partial charge in [0.1, 0.15) is 0 Å². The maximum absolute atomic E-state index is 12.6. The number of aromatic amines is 1. The van der Waals surface area contributed by atoms with Crippen molar-refractivity contribution >= 4 is 22.8 Å². The number of rotatable bonds is 2. The number of amides is 1. The second-order valence-electron chi connectivity index (χ2n) is 5.23. The second-order valence-corrected chi connectivity index (χ2v) is 5.23. The van der Waals surface area contributed by atoms with Gasteiger partial charge in [-0.25, -0.2) is 0 Å². The number of ether oxygens (including phenoxy) is 1. The SMILES string of the molecule is COC(=O)C1CCN(C(=O)c2cccc3cn[nH]c23)CC1. The number of likely N-dealkylation sites (tertiary alicyclic amines) is 1. The summed E-state index contributed by atoms with van der Waals surface area (Å²) in [5.74, 6) is -0.298. The van der Waals surface area contributed by atoms with Crippen LogP contribution in [0.25, 0.3) is 10.9 Å². The number of methoxy groups -OCH3 is 1. The molecule has 0 atom stereocenters. The maximum Gasteiger partial charge on any atom is 0.308 e. The van der Waals surface area contributed by atoms with E-state index >= 15 is 0 Å². The Hall–Kier alpha value is -2.37. The number of benzene rings is 1. The summed E-state index contributed by atoms with van der Waals surface area (Å²) in [4.78, 5) is 25.9. The molecule has 1 amide bonds. The molecule has 1 saturated heterocycles. The van der Waals surface area contributed by atoms with Crippen LogP contribution in [0, 0.1) is 5.92 Å². The van der Waals surface area contributed by atoms with E-state index in [2.05, 4.69) is 10.2 Å². The van der Waals surface area contributed by atoms with Crippen molar-refractivity contribution in [3.8, 4) is 0 Å². The number of aromatic nitrogens is 2. The highest BCUT2D eigenvalue weighted by molar-refractivity contribution is 6.05. The smallest absolute Gasteiger partial charge is 0.308 e. The lowest BCUT2D eigenvalue weighted by Gasteiger charge is -2.30. The van der Waals surface area contributed by atoms with E-state index in [0.29, 0.717) is 31.5 Å². The average Bonchev–Trinajstić information content (AvgIpc) is 3.02. The number of carbonyl (C=O) groups excluding carboxylic acids is 2. The lowest BCUT2D eigenvalue weighted by Crippen LogP contribution is -2.40. The van der Waals surface area contributed by atoms with Crippen LogP contribution in [-0.2, 0) is 9.53 Å². The molecule has 0 unspecified atom stereocenters. The van der Waals surface area contributed by atoms with E-state index in [1.165, 1.54) is 7.11 Å². The van der Waals surface area contributed by atoms with Crippen LogP contribution >= 0.6 is 0 Å². The predicted octanol–water partition coefficient (Wildman–Crippen LogP) is 1.59. The first-order valence-corrected chi connectivity index (χ1v) is 7.00. The lowest BCUT2D eigenvalue weighted by atomic mass is 9.96. The number of piperidine rings is 1. The molecule has 1 N–H and O–H groups in total. The van der Waals surface area contributed by atoms with E-state index in [0.717, 1.165) is 10.9 Å². The van der Waals surface area contributed by atoms with Crippen molar-refractivity contribution in [3.63, 3.8) is 0 Å². The van der Waals surface area contributed by atoms with Crippen molar-refractivity contribution in [2.75, 3.05) is 20.2 Å². The van der Waals surface area contributed by atoms with Crippen LogP contribution in [-0.4, -0.2) is 47.2 Å². The summed E-state index contributed by atoms with van der Waals surface area (Å²) in [6, 6.07) is 5.57. The third-order valence-corrected chi connectivity index (χ3v) is 4.02. The van der Waals surface area contributed by atoms with E-state index in [-0.39, 0.29) is 17.8 Å². The van der Waals surface area contributed by atoms with Crippen molar-refractivity contribution in [2.24, 2.45) is 5.92 Å². The number of nitrogens with zero attached hydrogens (tertiary/aromatic N) is 2. The summed E-state index contributed by atoms with van der Waals surface area (Å²) in [5.41, 5.74) is 1.39. The van der Waals surface area contributed by atoms with E-state index in [1.54, 1.807) is 17.2 Å². The van der Waals surface area contributed by atoms with Crippen molar-refractivity contribution < 1.29 is 14.3 Å². The Balaban J connectivity index is 1.75. The Morgan fingerprint density at radius 3 is 2.81 bits per heavy atom. The first-order chi connectivity index (χ1) is 10.2. The van der Waals surface area contributed by atoms with E-state index in [1.807, 2.05) is 12.1 Å². The van der Waals surface area contributed by atoms with Gasteiger partial charge in [0, 0.05) is 18.5 Å². The molecule has 1 aliphatic rings. The summed E-state index contributed by atoms with van der Waals surface area (Å²) < 4.78 is 4.76. The molecule has 0 spiro atoms. The number of fused-ring (bicyclic) bond motifs is 1. The molecule has 6 nitrogen and oxygen atoms in total. The quantitative estimate of drug-likeness (QED) is 0.851. The molecule has 1 aliphatic heterocycles. The molecular formula is C15H17N3O3. The fraction of sp³-hybridized carbons (Fsp3) is 0.400. The van der Waals surface area contributed by atoms with Gasteiger partial charge >= 0.3 is 5.97 Å². The molecule has 0 aliphatic carbocycles. The zero-order valence-corrected chi connectivity index (χ0v) is 11.8. The van der Waals surface area contributed by atoms with Gasteiger partial charge in [0.2, 0.25) is 0 Å². The largest absolute Gasteiger partial charge is 0.469 e. The lowest BCUT2D eigenvalue weighted by molar-refractivity contribution is -0.146. The molecule has 0 bridgehead atoms. The molecule has 21 heavy (non-hydrogen) atoms. The molecule has 2 heterocycles. The van der Waals surface area contributed by atoms with Crippen LogP contribution in [0.3, 0.4) is 0 Å². The third-order valence-electron chi connectivity index (χ3n) is 4.02. The third kappa shape index (κ3) is 2.49. The Kier molecular flexibility index (Phi) is 3.60. The minimum Gasteiger partial charge on any atom is -0.469 e. The Morgan fingerprint density at radius 1 is 1.33 bits per heavy atom. The first kappa shape index (κ1) is 13.6. The van der Waals surface area contributed by atoms with Crippen molar-refractivity contribution in [2.45, 2.75) is 12.8 Å². The Morgan fingerprint density at radius 2 is 2.10 bits per heavy atom. The second kappa shape index (κ2) is 5.55. The van der Waals surface area contributed by atoms with Gasteiger partial charge < -0.3 is 9.64 Å². The van der Waals surface area contributed by atoms with Gasteiger partial charge in [0.15, 0.2) is 0 Å². The van der Waals surface area contributed by atoms with E-state index < -0.39 is 0 Å². The number of hydrogen-bond acceptors (Lipinski definition) is 4. The number of H-pyrrole nitrogens is 1. The molecule has 3 rings (SSSR count). The highest BCUT2D eigenvalue weighted by Crippen LogP contribution is 2.22. The van der Waals surface area contributed by atoms with Gasteiger partial charge in [0.25, 0.3) is 5.91 Å². The first-order valence-electron chi connectivity index (χ1n) is 7.00. The summed E-state index contributed by atoms with van der Waals surface area (Å²) in [7, 11) is 1.40. The van der Waals surface area contributed by atoms with Gasteiger partial charge in [-0.15, -0.1) is 0 Å². The number of nitrogens with one attached hydrogen (secondary N) is 1. The van der Waals surface area contributed by atoms with Crippen LogP contribution in [0.2, 0.25) is 0 Å². The number of carbonyl (C=O) groups is 2. The molecule has 1 aromatic carbocycles. The van der Waals surface area contributed by atoms with Crippen LogP contribution in [0.1, 0.15) is 23.2 Å². The van der Waals surface area contributed by atoms with Crippen LogP contribution in [0.15, 0.2) is 24.4 Å². The fourth-order valence-electron chi connectivity index (χ4n) is 2.80. The maximum atomic E-state index is 12.6. The number of esters is 1. The molecule has 1 fully saturated rings. The van der Waals surface area contributed by atoms with Crippen molar-refractivity contribution in [3.05, 3.63) is 30.0 Å². The van der Waals surface area contributed by atoms with Crippen LogP contribution < -0.4 is 0 Å². The van der Waals surface area contributed by atoms with Gasteiger partial charge in [-0.05, 0) is 18.9 Å². The minimum atomic E-state index is -0.183. The van der Waals surface area contributed by atoms with Gasteiger partial charge in [-0.2, -0.15) is 5.10 Å². The zero-order chi connectivity index (χ0) is 14.8.